The van der Waals surface area contributed by atoms with Gasteiger partial charge in [-0.25, -0.2) is 22.5 Å². The minimum atomic E-state index is -2.66. The predicted molar refractivity (Wildman–Crippen MR) is 163 cm³/mol. The molecule has 232 valence electrons. The molecule has 0 spiro atoms. The number of nitrogen functional groups attached to an aromatic ring is 1. The van der Waals surface area contributed by atoms with Crippen LogP contribution in [0.15, 0.2) is 18.2 Å². The second kappa shape index (κ2) is 10.3. The molecule has 1 aliphatic carbocycles. The Labute approximate surface area is 259 Å². The molecule has 1 saturated carbocycles. The number of alkyl halides is 2. The lowest BCUT2D eigenvalue weighted by Crippen LogP contribution is -2.51. The highest BCUT2D eigenvalue weighted by molar-refractivity contribution is 7.22. The van der Waals surface area contributed by atoms with Crippen molar-refractivity contribution in [3.05, 3.63) is 34.9 Å². The maximum Gasteiger partial charge on any atom is 0.319 e. The van der Waals surface area contributed by atoms with E-state index in [4.69, 9.17) is 27.1 Å². The van der Waals surface area contributed by atoms with Crippen LogP contribution in [-0.2, 0) is 0 Å². The number of nitrogens with one attached hydrogen (secondary N) is 1. The van der Waals surface area contributed by atoms with Crippen molar-refractivity contribution < 1.29 is 22.3 Å². The summed E-state index contributed by atoms with van der Waals surface area (Å²) in [6.45, 7) is 2.24. The van der Waals surface area contributed by atoms with Gasteiger partial charge in [0, 0.05) is 66.6 Å². The molecule has 4 aliphatic rings. The van der Waals surface area contributed by atoms with Crippen molar-refractivity contribution in [3.63, 3.8) is 0 Å². The van der Waals surface area contributed by atoms with Crippen LogP contribution in [0.4, 0.5) is 28.5 Å². The molecule has 3 aliphatic heterocycles. The van der Waals surface area contributed by atoms with Crippen LogP contribution in [0.3, 0.4) is 0 Å². The van der Waals surface area contributed by atoms with Crippen molar-refractivity contribution in [1.29, 1.82) is 0 Å². The Morgan fingerprint density at radius 3 is 2.55 bits per heavy atom. The van der Waals surface area contributed by atoms with Gasteiger partial charge in [0.2, 0.25) is 0 Å². The molecule has 2 bridgehead atoms. The van der Waals surface area contributed by atoms with Crippen LogP contribution in [0.2, 0.25) is 5.02 Å². The predicted octanol–water partition coefficient (Wildman–Crippen LogP) is 5.86. The SMILES string of the molecule is Nc1nc2c(-c3c(Cl)cc4c(N5CC6CCC(C5)N6)nc(OCC5(CN6CCC(F)(F)C6)CC5)nc4c3F)ccc(F)c2s1. The van der Waals surface area contributed by atoms with E-state index in [1.165, 1.54) is 12.1 Å². The number of hydrogen-bond acceptors (Lipinski definition) is 9. The fourth-order valence-corrected chi connectivity index (χ4v) is 8.09. The monoisotopic (exact) mass is 647 g/mol. The average Bonchev–Trinajstić information content (AvgIpc) is 3.28. The molecular weight excluding hydrogens is 618 g/mol. The van der Waals surface area contributed by atoms with Gasteiger partial charge in [0.25, 0.3) is 5.92 Å². The third-order valence-corrected chi connectivity index (χ3v) is 10.6. The van der Waals surface area contributed by atoms with Crippen molar-refractivity contribution in [2.24, 2.45) is 5.41 Å². The third kappa shape index (κ3) is 5.01. The largest absolute Gasteiger partial charge is 0.463 e. The lowest BCUT2D eigenvalue weighted by molar-refractivity contribution is 0.00932. The molecule has 14 heteroatoms. The second-order valence-corrected chi connectivity index (χ2v) is 14.2. The van der Waals surface area contributed by atoms with E-state index in [2.05, 4.69) is 20.2 Å². The van der Waals surface area contributed by atoms with E-state index in [0.717, 1.165) is 37.0 Å². The summed E-state index contributed by atoms with van der Waals surface area (Å²) in [6.07, 6.45) is 3.65. The van der Waals surface area contributed by atoms with E-state index in [1.807, 2.05) is 0 Å². The highest BCUT2D eigenvalue weighted by Crippen LogP contribution is 2.48. The average molecular weight is 648 g/mol. The Morgan fingerprint density at radius 1 is 1.07 bits per heavy atom. The van der Waals surface area contributed by atoms with Gasteiger partial charge < -0.3 is 20.7 Å². The number of nitrogens with two attached hydrogens (primary N) is 1. The van der Waals surface area contributed by atoms with E-state index < -0.39 is 17.6 Å². The Kier molecular flexibility index (Phi) is 6.64. The van der Waals surface area contributed by atoms with Gasteiger partial charge in [0.05, 0.1) is 28.4 Å². The molecule has 5 heterocycles. The van der Waals surface area contributed by atoms with Gasteiger partial charge in [-0.3, -0.25) is 4.90 Å². The number of anilines is 2. The molecule has 3 N–H and O–H groups in total. The molecule has 0 amide bonds. The van der Waals surface area contributed by atoms with Gasteiger partial charge in [-0.15, -0.1) is 0 Å². The molecule has 3 saturated heterocycles. The number of nitrogens with zero attached hydrogens (tertiary/aromatic N) is 5. The van der Waals surface area contributed by atoms with Gasteiger partial charge >= 0.3 is 6.01 Å². The summed E-state index contributed by atoms with van der Waals surface area (Å²) in [7, 11) is 0. The fourth-order valence-electron chi connectivity index (χ4n) is 7.04. The Balaban J connectivity index is 1.19. The van der Waals surface area contributed by atoms with E-state index in [9.17, 15) is 13.2 Å². The van der Waals surface area contributed by atoms with E-state index >= 15 is 4.39 Å². The Bertz CT molecular complexity index is 1790. The van der Waals surface area contributed by atoms with Gasteiger partial charge in [0.15, 0.2) is 10.9 Å². The van der Waals surface area contributed by atoms with Crippen LogP contribution in [0, 0.1) is 17.0 Å². The lowest BCUT2D eigenvalue weighted by atomic mass is 10.0. The minimum Gasteiger partial charge on any atom is -0.463 e. The van der Waals surface area contributed by atoms with E-state index in [0.29, 0.717) is 55.0 Å². The first-order chi connectivity index (χ1) is 21.1. The van der Waals surface area contributed by atoms with Gasteiger partial charge in [-0.1, -0.05) is 22.9 Å². The van der Waals surface area contributed by atoms with Crippen molar-refractivity contribution in [2.75, 3.05) is 50.0 Å². The number of ether oxygens (including phenoxy) is 1. The van der Waals surface area contributed by atoms with E-state index in [-0.39, 0.29) is 62.4 Å². The highest BCUT2D eigenvalue weighted by Gasteiger charge is 2.48. The summed E-state index contributed by atoms with van der Waals surface area (Å²) in [5, 5.41) is 4.32. The molecule has 2 aromatic carbocycles. The first kappa shape index (κ1) is 28.5. The van der Waals surface area contributed by atoms with Crippen LogP contribution in [0.1, 0.15) is 32.1 Å². The molecule has 0 radical (unpaired) electrons. The Morgan fingerprint density at radius 2 is 1.84 bits per heavy atom. The molecule has 8 rings (SSSR count). The smallest absolute Gasteiger partial charge is 0.319 e. The Hall–Kier alpha value is -3.00. The zero-order valence-electron chi connectivity index (χ0n) is 23.7. The number of piperazine rings is 1. The van der Waals surface area contributed by atoms with Crippen LogP contribution in [0.25, 0.3) is 32.2 Å². The third-order valence-electron chi connectivity index (χ3n) is 9.41. The quantitative estimate of drug-likeness (QED) is 0.241. The van der Waals surface area contributed by atoms with Crippen molar-refractivity contribution in [3.8, 4) is 17.1 Å². The number of halogens is 5. The number of likely N-dealkylation sites (tertiary alicyclic amines) is 1. The number of hydrogen-bond donors (Lipinski definition) is 2. The van der Waals surface area contributed by atoms with Crippen molar-refractivity contribution in [2.45, 2.75) is 50.1 Å². The number of rotatable bonds is 7. The maximum absolute atomic E-state index is 16.7. The molecule has 4 fully saturated rings. The number of benzene rings is 2. The van der Waals surface area contributed by atoms with E-state index in [1.54, 1.807) is 11.0 Å². The zero-order valence-corrected chi connectivity index (χ0v) is 25.3. The molecule has 2 unspecified atom stereocenters. The first-order valence-electron chi connectivity index (χ1n) is 14.9. The van der Waals surface area contributed by atoms with Crippen LogP contribution >= 0.6 is 22.9 Å². The molecule has 2 atom stereocenters. The van der Waals surface area contributed by atoms with Crippen molar-refractivity contribution >= 4 is 55.0 Å². The molecule has 44 heavy (non-hydrogen) atoms. The summed E-state index contributed by atoms with van der Waals surface area (Å²) in [4.78, 5) is 17.5. The summed E-state index contributed by atoms with van der Waals surface area (Å²) >= 11 is 7.76. The number of thiazole rings is 1. The molecule has 4 aromatic rings. The van der Waals surface area contributed by atoms with Crippen molar-refractivity contribution in [1.82, 2.24) is 25.2 Å². The van der Waals surface area contributed by atoms with Gasteiger partial charge in [-0.2, -0.15) is 9.97 Å². The molecule has 8 nitrogen and oxygen atoms in total. The first-order valence-corrected chi connectivity index (χ1v) is 16.0. The fraction of sp³-hybridized carbons (Fsp3) is 0.500. The summed E-state index contributed by atoms with van der Waals surface area (Å²) in [6, 6.07) is 4.94. The topological polar surface area (TPSA) is 92.4 Å². The summed E-state index contributed by atoms with van der Waals surface area (Å²) in [5.74, 6) is -3.33. The summed E-state index contributed by atoms with van der Waals surface area (Å²) in [5.41, 5.74) is 6.22. The van der Waals surface area contributed by atoms with Crippen LogP contribution in [-0.4, -0.2) is 77.2 Å². The standard InChI is InChI=1S/C30H30ClF4N7OS/c31-19-9-18-23(22(33)21(19)17-3-4-20(32)25-24(17)38-27(36)44-25)39-28(40-26(18)42-10-15-1-2-16(11-42)37-15)43-14-29(5-6-29)12-41-8-7-30(34,35)13-41/h3-4,9,15-16,37H,1-2,5-8,10-14H2,(H2,36,38). The summed E-state index contributed by atoms with van der Waals surface area (Å²) < 4.78 is 65.3. The molecule has 2 aromatic heterocycles. The van der Waals surface area contributed by atoms with Crippen LogP contribution < -0.4 is 20.7 Å². The highest BCUT2D eigenvalue weighted by atomic mass is 35.5. The minimum absolute atomic E-state index is 0.0192. The zero-order chi connectivity index (χ0) is 30.4. The molecular formula is C30H30ClF4N7OS. The number of aromatic nitrogens is 3. The second-order valence-electron chi connectivity index (χ2n) is 12.7. The van der Waals surface area contributed by atoms with Gasteiger partial charge in [0.1, 0.15) is 17.2 Å². The number of fused-ring (bicyclic) bond motifs is 4. The lowest BCUT2D eigenvalue weighted by Gasteiger charge is -2.34. The van der Waals surface area contributed by atoms with Gasteiger partial charge in [-0.05, 0) is 43.9 Å². The maximum atomic E-state index is 16.7. The van der Waals surface area contributed by atoms with Crippen LogP contribution in [0.5, 0.6) is 6.01 Å². The normalized spacial score (nSPS) is 24.1.